The molecule has 2 rings (SSSR count). The first-order valence-corrected chi connectivity index (χ1v) is 8.26. The lowest BCUT2D eigenvalue weighted by Gasteiger charge is -2.21. The zero-order valence-corrected chi connectivity index (χ0v) is 12.2. The van der Waals surface area contributed by atoms with Gasteiger partial charge in [0.05, 0.1) is 0 Å². The highest BCUT2D eigenvalue weighted by Gasteiger charge is 2.38. The molecule has 2 aliphatic rings. The van der Waals surface area contributed by atoms with Crippen LogP contribution in [0.4, 0.5) is 0 Å². The normalized spacial score (nSPS) is 28.8. The van der Waals surface area contributed by atoms with Crippen LogP contribution in [0, 0.1) is 17.8 Å². The van der Waals surface area contributed by atoms with Crippen LogP contribution in [0.2, 0.25) is 0 Å². The summed E-state index contributed by atoms with van der Waals surface area (Å²) in [6.07, 6.45) is 12.1. The summed E-state index contributed by atoms with van der Waals surface area (Å²) in [4.78, 5) is 11.7. The molecular weight excluding hydrogens is 236 g/mol. The summed E-state index contributed by atoms with van der Waals surface area (Å²) in [5.41, 5.74) is 5.44. The quantitative estimate of drug-likeness (QED) is 0.631. The van der Waals surface area contributed by atoms with Crippen LogP contribution in [0.3, 0.4) is 0 Å². The third kappa shape index (κ3) is 4.79. The van der Waals surface area contributed by atoms with E-state index in [9.17, 15) is 4.79 Å². The summed E-state index contributed by atoms with van der Waals surface area (Å²) in [5.74, 6) is 3.16. The molecule has 2 aliphatic carbocycles. The SMILES string of the molecule is NCCCCCCC(=O)NCCC1CC2CCC1C2. The lowest BCUT2D eigenvalue weighted by atomic mass is 9.86. The van der Waals surface area contributed by atoms with Crippen molar-refractivity contribution in [2.24, 2.45) is 23.5 Å². The van der Waals surface area contributed by atoms with E-state index in [0.29, 0.717) is 6.42 Å². The molecule has 0 aliphatic heterocycles. The van der Waals surface area contributed by atoms with Crippen molar-refractivity contribution in [3.05, 3.63) is 0 Å². The molecule has 19 heavy (non-hydrogen) atoms. The second-order valence-corrected chi connectivity index (χ2v) is 6.53. The minimum absolute atomic E-state index is 0.246. The molecule has 3 nitrogen and oxygen atoms in total. The van der Waals surface area contributed by atoms with E-state index in [4.69, 9.17) is 5.73 Å². The first-order valence-electron chi connectivity index (χ1n) is 8.26. The van der Waals surface area contributed by atoms with E-state index < -0.39 is 0 Å². The summed E-state index contributed by atoms with van der Waals surface area (Å²) >= 11 is 0. The van der Waals surface area contributed by atoms with E-state index in [1.807, 2.05) is 0 Å². The molecule has 0 aromatic heterocycles. The van der Waals surface area contributed by atoms with Gasteiger partial charge in [-0.05, 0) is 62.8 Å². The van der Waals surface area contributed by atoms with Gasteiger partial charge in [0.15, 0.2) is 0 Å². The number of carbonyl (C=O) groups excluding carboxylic acids is 1. The topological polar surface area (TPSA) is 55.1 Å². The molecule has 2 bridgehead atoms. The van der Waals surface area contributed by atoms with Gasteiger partial charge in [-0.2, -0.15) is 0 Å². The van der Waals surface area contributed by atoms with E-state index in [-0.39, 0.29) is 5.91 Å². The zero-order chi connectivity index (χ0) is 13.5. The third-order valence-electron chi connectivity index (χ3n) is 5.08. The molecule has 2 saturated carbocycles. The number of nitrogens with one attached hydrogen (secondary N) is 1. The molecule has 0 aromatic rings. The molecule has 3 heteroatoms. The van der Waals surface area contributed by atoms with Gasteiger partial charge < -0.3 is 11.1 Å². The van der Waals surface area contributed by atoms with Gasteiger partial charge in [0.2, 0.25) is 5.91 Å². The Balaban J connectivity index is 1.45. The molecule has 2 fully saturated rings. The summed E-state index contributed by atoms with van der Waals surface area (Å²) in [6.45, 7) is 1.67. The average molecular weight is 266 g/mol. The van der Waals surface area contributed by atoms with Crippen molar-refractivity contribution in [2.75, 3.05) is 13.1 Å². The van der Waals surface area contributed by atoms with Crippen molar-refractivity contribution < 1.29 is 4.79 Å². The van der Waals surface area contributed by atoms with Gasteiger partial charge >= 0.3 is 0 Å². The predicted octanol–water partition coefficient (Wildman–Crippen LogP) is 2.84. The van der Waals surface area contributed by atoms with Crippen molar-refractivity contribution in [3.63, 3.8) is 0 Å². The number of unbranched alkanes of at least 4 members (excludes halogenated alkanes) is 3. The minimum Gasteiger partial charge on any atom is -0.356 e. The number of hydrogen-bond acceptors (Lipinski definition) is 2. The average Bonchev–Trinajstić information content (AvgIpc) is 3.01. The minimum atomic E-state index is 0.246. The maximum Gasteiger partial charge on any atom is 0.219 e. The molecule has 3 N–H and O–H groups in total. The fraction of sp³-hybridized carbons (Fsp3) is 0.938. The van der Waals surface area contributed by atoms with Gasteiger partial charge in [0, 0.05) is 13.0 Å². The van der Waals surface area contributed by atoms with Crippen molar-refractivity contribution >= 4 is 5.91 Å². The highest BCUT2D eigenvalue weighted by atomic mass is 16.1. The van der Waals surface area contributed by atoms with Crippen molar-refractivity contribution in [1.29, 1.82) is 0 Å². The van der Waals surface area contributed by atoms with Crippen LogP contribution in [0.5, 0.6) is 0 Å². The summed E-state index contributed by atoms with van der Waals surface area (Å²) < 4.78 is 0. The van der Waals surface area contributed by atoms with Gasteiger partial charge in [0.25, 0.3) is 0 Å². The molecule has 0 heterocycles. The van der Waals surface area contributed by atoms with Crippen LogP contribution in [-0.2, 0) is 4.79 Å². The first kappa shape index (κ1) is 14.8. The third-order valence-corrected chi connectivity index (χ3v) is 5.08. The Morgan fingerprint density at radius 1 is 1.11 bits per heavy atom. The van der Waals surface area contributed by atoms with Crippen LogP contribution in [0.15, 0.2) is 0 Å². The molecule has 1 amide bonds. The summed E-state index contributed by atoms with van der Waals surface area (Å²) in [6, 6.07) is 0. The Bertz CT molecular complexity index is 280. The van der Waals surface area contributed by atoms with E-state index in [0.717, 1.165) is 56.5 Å². The summed E-state index contributed by atoms with van der Waals surface area (Å²) in [5, 5.41) is 3.10. The standard InChI is InChI=1S/C16H30N2O/c17-9-4-2-1-3-5-16(19)18-10-8-15-12-13-6-7-14(15)11-13/h13-15H,1-12,17H2,(H,18,19). The van der Waals surface area contributed by atoms with Crippen LogP contribution < -0.4 is 11.1 Å². The molecule has 3 atom stereocenters. The fourth-order valence-electron chi connectivity index (χ4n) is 4.00. The zero-order valence-electron chi connectivity index (χ0n) is 12.2. The molecule has 0 spiro atoms. The first-order chi connectivity index (χ1) is 9.29. The van der Waals surface area contributed by atoms with Gasteiger partial charge in [-0.15, -0.1) is 0 Å². The Labute approximate surface area is 117 Å². The molecule has 3 unspecified atom stereocenters. The Hall–Kier alpha value is -0.570. The molecule has 110 valence electrons. The Kier molecular flexibility index (Phi) is 6.15. The monoisotopic (exact) mass is 266 g/mol. The number of rotatable bonds is 9. The van der Waals surface area contributed by atoms with Crippen LogP contribution in [-0.4, -0.2) is 19.0 Å². The molecule has 0 saturated heterocycles. The predicted molar refractivity (Wildman–Crippen MR) is 78.7 cm³/mol. The number of amides is 1. The summed E-state index contributed by atoms with van der Waals surface area (Å²) in [7, 11) is 0. The highest BCUT2D eigenvalue weighted by molar-refractivity contribution is 5.75. The van der Waals surface area contributed by atoms with Crippen LogP contribution in [0.25, 0.3) is 0 Å². The lowest BCUT2D eigenvalue weighted by molar-refractivity contribution is -0.121. The van der Waals surface area contributed by atoms with Crippen molar-refractivity contribution in [3.8, 4) is 0 Å². The van der Waals surface area contributed by atoms with Gasteiger partial charge in [0.1, 0.15) is 0 Å². The molecular formula is C16H30N2O. The van der Waals surface area contributed by atoms with E-state index in [1.165, 1.54) is 32.1 Å². The second-order valence-electron chi connectivity index (χ2n) is 6.53. The highest BCUT2D eigenvalue weighted by Crippen LogP contribution is 2.49. The number of carbonyl (C=O) groups is 1. The maximum atomic E-state index is 11.7. The largest absolute Gasteiger partial charge is 0.356 e. The Morgan fingerprint density at radius 2 is 1.95 bits per heavy atom. The smallest absolute Gasteiger partial charge is 0.219 e. The fourth-order valence-corrected chi connectivity index (χ4v) is 4.00. The van der Waals surface area contributed by atoms with E-state index >= 15 is 0 Å². The van der Waals surface area contributed by atoms with Crippen molar-refractivity contribution in [2.45, 2.75) is 64.2 Å². The van der Waals surface area contributed by atoms with E-state index in [2.05, 4.69) is 5.32 Å². The van der Waals surface area contributed by atoms with Gasteiger partial charge in [-0.25, -0.2) is 0 Å². The Morgan fingerprint density at radius 3 is 2.63 bits per heavy atom. The van der Waals surface area contributed by atoms with Gasteiger partial charge in [-0.3, -0.25) is 4.79 Å². The maximum absolute atomic E-state index is 11.7. The molecule has 0 aromatic carbocycles. The molecule has 0 radical (unpaired) electrons. The lowest BCUT2D eigenvalue weighted by Crippen LogP contribution is -2.26. The van der Waals surface area contributed by atoms with Crippen LogP contribution in [0.1, 0.15) is 64.2 Å². The number of fused-ring (bicyclic) bond motifs is 2. The van der Waals surface area contributed by atoms with E-state index in [1.54, 1.807) is 0 Å². The van der Waals surface area contributed by atoms with Gasteiger partial charge in [-0.1, -0.05) is 19.3 Å². The van der Waals surface area contributed by atoms with Crippen molar-refractivity contribution in [1.82, 2.24) is 5.32 Å². The second kappa shape index (κ2) is 7.88. The number of hydrogen-bond donors (Lipinski definition) is 2. The van der Waals surface area contributed by atoms with Crippen LogP contribution >= 0.6 is 0 Å². The number of nitrogens with two attached hydrogens (primary N) is 1.